The van der Waals surface area contributed by atoms with Crippen molar-refractivity contribution in [1.29, 1.82) is 0 Å². The second-order valence-electron chi connectivity index (χ2n) is 5.36. The fraction of sp³-hybridized carbons (Fsp3) is 0.625. The van der Waals surface area contributed by atoms with Crippen molar-refractivity contribution in [3.05, 3.63) is 34.9 Å². The summed E-state index contributed by atoms with van der Waals surface area (Å²) in [7, 11) is 0. The van der Waals surface area contributed by atoms with Crippen LogP contribution < -0.4 is 5.32 Å². The molecule has 0 radical (unpaired) electrons. The van der Waals surface area contributed by atoms with Crippen molar-refractivity contribution >= 4 is 0 Å². The van der Waals surface area contributed by atoms with E-state index in [1.807, 2.05) is 26.0 Å². The fourth-order valence-corrected chi connectivity index (χ4v) is 2.19. The molecule has 1 unspecified atom stereocenters. The third-order valence-electron chi connectivity index (χ3n) is 3.53. The van der Waals surface area contributed by atoms with Gasteiger partial charge in [-0.15, -0.1) is 0 Å². The van der Waals surface area contributed by atoms with Crippen LogP contribution in [-0.4, -0.2) is 12.7 Å². The van der Waals surface area contributed by atoms with Crippen molar-refractivity contribution in [1.82, 2.24) is 5.32 Å². The Hall–Kier alpha value is -1.03. The molecule has 114 valence electrons. The topological polar surface area (TPSA) is 12.0 Å². The lowest BCUT2D eigenvalue weighted by Crippen LogP contribution is -2.23. The smallest absolute Gasteiger partial charge is 0.310 e. The van der Waals surface area contributed by atoms with Gasteiger partial charge in [0.05, 0.1) is 0 Å². The first-order chi connectivity index (χ1) is 9.33. The first kappa shape index (κ1) is 17.0. The second kappa shape index (κ2) is 7.67. The minimum Gasteiger partial charge on any atom is -0.310 e. The van der Waals surface area contributed by atoms with E-state index >= 15 is 0 Å². The van der Waals surface area contributed by atoms with E-state index in [0.29, 0.717) is 6.42 Å². The maximum absolute atomic E-state index is 12.3. The van der Waals surface area contributed by atoms with Crippen molar-refractivity contribution in [2.24, 2.45) is 0 Å². The molecule has 4 heteroatoms. The standard InChI is InChI=1S/C16H24F3N/c1-4-10-20-15(6-5-9-16(17,18)19)14-8-7-12(2)13(3)11-14/h7-8,11,15,20H,4-6,9-10H2,1-3H3. The van der Waals surface area contributed by atoms with Gasteiger partial charge in [-0.05, 0) is 56.3 Å². The summed E-state index contributed by atoms with van der Waals surface area (Å²) in [5.41, 5.74) is 3.48. The molecule has 0 aliphatic carbocycles. The van der Waals surface area contributed by atoms with E-state index < -0.39 is 12.6 Å². The summed E-state index contributed by atoms with van der Waals surface area (Å²) in [4.78, 5) is 0. The molecule has 1 aromatic rings. The largest absolute Gasteiger partial charge is 0.389 e. The van der Waals surface area contributed by atoms with Crippen molar-refractivity contribution in [2.75, 3.05) is 6.54 Å². The Kier molecular flexibility index (Phi) is 6.53. The van der Waals surface area contributed by atoms with Gasteiger partial charge in [0, 0.05) is 12.5 Å². The van der Waals surface area contributed by atoms with Gasteiger partial charge in [-0.3, -0.25) is 0 Å². The Morgan fingerprint density at radius 1 is 1.15 bits per heavy atom. The number of aryl methyl sites for hydroxylation is 2. The van der Waals surface area contributed by atoms with Gasteiger partial charge >= 0.3 is 6.18 Å². The zero-order valence-corrected chi connectivity index (χ0v) is 12.5. The highest BCUT2D eigenvalue weighted by Crippen LogP contribution is 2.27. The zero-order valence-electron chi connectivity index (χ0n) is 12.5. The molecular weight excluding hydrogens is 263 g/mol. The van der Waals surface area contributed by atoms with E-state index in [-0.39, 0.29) is 12.5 Å². The van der Waals surface area contributed by atoms with E-state index in [0.717, 1.165) is 18.5 Å². The Labute approximate surface area is 119 Å². The van der Waals surface area contributed by atoms with Crippen LogP contribution in [0, 0.1) is 13.8 Å². The SMILES string of the molecule is CCCNC(CCCC(F)(F)F)c1ccc(C)c(C)c1. The predicted octanol–water partition coefficient (Wildman–Crippen LogP) is 5.08. The lowest BCUT2D eigenvalue weighted by Gasteiger charge is -2.20. The summed E-state index contributed by atoms with van der Waals surface area (Å²) < 4.78 is 36.8. The molecule has 0 aromatic heterocycles. The Balaban J connectivity index is 2.69. The molecule has 0 spiro atoms. The Morgan fingerprint density at radius 2 is 1.85 bits per heavy atom. The molecule has 0 aliphatic rings. The molecule has 1 aromatic carbocycles. The molecule has 1 atom stereocenters. The molecule has 0 saturated heterocycles. The van der Waals surface area contributed by atoms with Crippen LogP contribution in [0.2, 0.25) is 0 Å². The first-order valence-corrected chi connectivity index (χ1v) is 7.20. The number of rotatable bonds is 7. The van der Waals surface area contributed by atoms with E-state index in [2.05, 4.69) is 18.3 Å². The minimum absolute atomic E-state index is 0.0107. The van der Waals surface area contributed by atoms with E-state index in [1.165, 1.54) is 11.1 Å². The summed E-state index contributed by atoms with van der Waals surface area (Å²) in [5, 5.41) is 3.35. The maximum Gasteiger partial charge on any atom is 0.389 e. The van der Waals surface area contributed by atoms with Crippen molar-refractivity contribution in [2.45, 2.75) is 58.7 Å². The average Bonchev–Trinajstić information content (AvgIpc) is 2.35. The van der Waals surface area contributed by atoms with Gasteiger partial charge in [-0.2, -0.15) is 13.2 Å². The van der Waals surface area contributed by atoms with E-state index in [1.54, 1.807) is 0 Å². The summed E-state index contributed by atoms with van der Waals surface area (Å²) in [6.45, 7) is 6.95. The molecule has 1 rings (SSSR count). The minimum atomic E-state index is -4.06. The molecule has 0 aliphatic heterocycles. The highest BCUT2D eigenvalue weighted by atomic mass is 19.4. The molecular formula is C16H24F3N. The van der Waals surface area contributed by atoms with Crippen LogP contribution in [0.5, 0.6) is 0 Å². The number of hydrogen-bond acceptors (Lipinski definition) is 1. The molecule has 1 nitrogen and oxygen atoms in total. The van der Waals surface area contributed by atoms with Gasteiger partial charge in [0.1, 0.15) is 0 Å². The van der Waals surface area contributed by atoms with Gasteiger partial charge in [0.15, 0.2) is 0 Å². The number of hydrogen-bond donors (Lipinski definition) is 1. The van der Waals surface area contributed by atoms with Crippen LogP contribution in [-0.2, 0) is 0 Å². The molecule has 20 heavy (non-hydrogen) atoms. The molecule has 1 N–H and O–H groups in total. The number of benzene rings is 1. The molecule has 0 bridgehead atoms. The molecule has 0 fully saturated rings. The van der Waals surface area contributed by atoms with Gasteiger partial charge in [-0.1, -0.05) is 25.1 Å². The fourth-order valence-electron chi connectivity index (χ4n) is 2.19. The lowest BCUT2D eigenvalue weighted by molar-refractivity contribution is -0.135. The Bertz CT molecular complexity index is 413. The van der Waals surface area contributed by atoms with E-state index in [9.17, 15) is 13.2 Å². The van der Waals surface area contributed by atoms with Crippen molar-refractivity contribution in [3.8, 4) is 0 Å². The highest BCUT2D eigenvalue weighted by Gasteiger charge is 2.26. The summed E-state index contributed by atoms with van der Waals surface area (Å²) in [6, 6.07) is 6.14. The second-order valence-corrected chi connectivity index (χ2v) is 5.36. The average molecular weight is 287 g/mol. The summed E-state index contributed by atoms with van der Waals surface area (Å²) >= 11 is 0. The van der Waals surface area contributed by atoms with Crippen LogP contribution in [0.4, 0.5) is 13.2 Å². The lowest BCUT2D eigenvalue weighted by atomic mass is 9.97. The molecule has 0 heterocycles. The first-order valence-electron chi connectivity index (χ1n) is 7.20. The van der Waals surface area contributed by atoms with Gasteiger partial charge in [0.2, 0.25) is 0 Å². The summed E-state index contributed by atoms with van der Waals surface area (Å²) in [6.07, 6.45) is -3.11. The van der Waals surface area contributed by atoms with Gasteiger partial charge in [0.25, 0.3) is 0 Å². The monoisotopic (exact) mass is 287 g/mol. The maximum atomic E-state index is 12.3. The quantitative estimate of drug-likeness (QED) is 0.737. The molecule has 0 amide bonds. The third-order valence-corrected chi connectivity index (χ3v) is 3.53. The van der Waals surface area contributed by atoms with Crippen LogP contribution in [0.3, 0.4) is 0 Å². The number of halogens is 3. The normalized spacial score (nSPS) is 13.5. The zero-order chi connectivity index (χ0) is 15.2. The number of nitrogens with one attached hydrogen (secondary N) is 1. The highest BCUT2D eigenvalue weighted by molar-refractivity contribution is 5.31. The predicted molar refractivity (Wildman–Crippen MR) is 76.9 cm³/mol. The van der Waals surface area contributed by atoms with Crippen molar-refractivity contribution in [3.63, 3.8) is 0 Å². The van der Waals surface area contributed by atoms with Crippen molar-refractivity contribution < 1.29 is 13.2 Å². The van der Waals surface area contributed by atoms with Gasteiger partial charge < -0.3 is 5.32 Å². The Morgan fingerprint density at radius 3 is 2.40 bits per heavy atom. The van der Waals surface area contributed by atoms with Gasteiger partial charge in [-0.25, -0.2) is 0 Å². The van der Waals surface area contributed by atoms with E-state index in [4.69, 9.17) is 0 Å². The van der Waals surface area contributed by atoms with Crippen LogP contribution in [0.1, 0.15) is 55.3 Å². The third kappa shape index (κ3) is 5.95. The molecule has 0 saturated carbocycles. The number of alkyl halides is 3. The summed E-state index contributed by atoms with van der Waals surface area (Å²) in [5.74, 6) is 0. The van der Waals surface area contributed by atoms with Crippen LogP contribution in [0.25, 0.3) is 0 Å². The van der Waals surface area contributed by atoms with Crippen LogP contribution in [0.15, 0.2) is 18.2 Å². The van der Waals surface area contributed by atoms with Crippen LogP contribution >= 0.6 is 0 Å².